The zero-order chi connectivity index (χ0) is 33.3. The Morgan fingerprint density at radius 3 is 2.52 bits per heavy atom. The minimum atomic E-state index is -1.01. The van der Waals surface area contributed by atoms with Gasteiger partial charge in [0, 0.05) is 56.1 Å². The minimum Gasteiger partial charge on any atom is -0.437 e. The van der Waals surface area contributed by atoms with E-state index in [1.54, 1.807) is 11.9 Å². The fraction of sp³-hybridized carbons (Fsp3) is 0.447. The maximum atomic E-state index is 14.1. The zero-order valence-electron chi connectivity index (χ0n) is 28.1. The van der Waals surface area contributed by atoms with Crippen LogP contribution in [-0.2, 0) is 48.4 Å². The Bertz CT molecular complexity index is 1840. The van der Waals surface area contributed by atoms with Gasteiger partial charge in [0.05, 0.1) is 24.5 Å². The third-order valence-electron chi connectivity index (χ3n) is 11.1. The molecule has 0 spiro atoms. The van der Waals surface area contributed by atoms with Gasteiger partial charge < -0.3 is 29.2 Å². The molecule has 2 atom stereocenters. The van der Waals surface area contributed by atoms with Crippen molar-refractivity contribution in [1.82, 2.24) is 14.8 Å². The van der Waals surface area contributed by atoms with Crippen LogP contribution in [0.2, 0.25) is 0 Å². The molecule has 0 N–H and O–H groups in total. The zero-order valence-corrected chi connectivity index (χ0v) is 28.1. The van der Waals surface area contributed by atoms with E-state index in [9.17, 15) is 14.0 Å². The van der Waals surface area contributed by atoms with Crippen LogP contribution in [0.3, 0.4) is 0 Å². The summed E-state index contributed by atoms with van der Waals surface area (Å²) in [6.45, 7) is 8.86. The molecule has 8 rings (SSSR count). The van der Waals surface area contributed by atoms with Crippen molar-refractivity contribution < 1.29 is 18.7 Å². The van der Waals surface area contributed by atoms with Gasteiger partial charge in [-0.25, -0.2) is 9.37 Å². The molecule has 0 radical (unpaired) electrons. The number of nitrogens with zero attached hydrogens (tertiary/aromatic N) is 6. The first-order valence-corrected chi connectivity index (χ1v) is 17.3. The first kappa shape index (κ1) is 30.9. The maximum Gasteiger partial charge on any atom is 0.282 e. The number of hydrogen-bond donors (Lipinski definition) is 0. The number of carbonyl (C=O) groups is 2. The Hall–Kier alpha value is -4.44. The van der Waals surface area contributed by atoms with Crippen molar-refractivity contribution in [2.75, 3.05) is 55.0 Å². The van der Waals surface area contributed by atoms with Crippen molar-refractivity contribution in [1.29, 1.82) is 0 Å². The van der Waals surface area contributed by atoms with Crippen molar-refractivity contribution in [2.24, 2.45) is 0 Å². The number of benzene rings is 2. The van der Waals surface area contributed by atoms with Crippen LogP contribution in [0.25, 0.3) is 0 Å². The van der Waals surface area contributed by atoms with Crippen molar-refractivity contribution >= 4 is 28.9 Å². The number of fused-ring (bicyclic) bond motifs is 7. The smallest absolute Gasteiger partial charge is 0.282 e. The van der Waals surface area contributed by atoms with Crippen molar-refractivity contribution in [3.63, 3.8) is 0 Å². The number of hydrogen-bond acceptors (Lipinski definition) is 7. The number of aromatic nitrogens is 1. The highest BCUT2D eigenvalue weighted by Crippen LogP contribution is 2.49. The second-order valence-electron chi connectivity index (χ2n) is 14.1. The number of amides is 2. The number of aryl methyl sites for hydroxylation is 1. The molecule has 5 aliphatic rings. The molecule has 4 aliphatic heterocycles. The number of rotatable bonds is 4. The second-order valence-corrected chi connectivity index (χ2v) is 14.1. The molecule has 10 heteroatoms. The van der Waals surface area contributed by atoms with Crippen molar-refractivity contribution in [3.8, 4) is 11.6 Å². The van der Waals surface area contributed by atoms with Gasteiger partial charge in [0.2, 0.25) is 5.88 Å². The lowest BCUT2D eigenvalue weighted by Crippen LogP contribution is -2.66. The van der Waals surface area contributed by atoms with Gasteiger partial charge in [-0.15, -0.1) is 0 Å². The summed E-state index contributed by atoms with van der Waals surface area (Å²) < 4.78 is 20.9. The van der Waals surface area contributed by atoms with Gasteiger partial charge in [-0.3, -0.25) is 9.59 Å². The molecular formula is C38H43FN6O3. The van der Waals surface area contributed by atoms with Gasteiger partial charge in [0.1, 0.15) is 17.5 Å². The third-order valence-corrected chi connectivity index (χ3v) is 11.1. The molecule has 0 bridgehead atoms. The Labute approximate surface area is 281 Å². The largest absolute Gasteiger partial charge is 0.437 e. The molecule has 48 heavy (non-hydrogen) atoms. The summed E-state index contributed by atoms with van der Waals surface area (Å²) in [5.41, 5.74) is 10.3. The standard InChI is InChI=1S/C38H43FN6O3/c1-23-19-45-32(22-44(23)37(46)24(2)39)38(47)42(4)35-34(45)29-16-18-43(31-13-7-10-25-9-5-6-12-27(25)31)21-30(29)40-36(35)48-33-14-8-11-26-20-41(3)17-15-28(26)33/h7-8,10-11,13-14,23,32H,2,5-6,9,12,15-22H2,1,3-4H3/t23-,32-/m1/s1. The summed E-state index contributed by atoms with van der Waals surface area (Å²) >= 11 is 0. The van der Waals surface area contributed by atoms with Gasteiger partial charge in [0.15, 0.2) is 5.83 Å². The Kier molecular flexibility index (Phi) is 7.66. The molecule has 0 saturated carbocycles. The van der Waals surface area contributed by atoms with E-state index >= 15 is 0 Å². The Balaban J connectivity index is 1.25. The van der Waals surface area contributed by atoms with Gasteiger partial charge >= 0.3 is 0 Å². The first-order valence-electron chi connectivity index (χ1n) is 17.3. The quantitative estimate of drug-likeness (QED) is 0.361. The van der Waals surface area contributed by atoms with E-state index in [1.165, 1.54) is 45.7 Å². The number of ether oxygens (including phenoxy) is 1. The van der Waals surface area contributed by atoms with E-state index in [0.717, 1.165) is 68.0 Å². The third kappa shape index (κ3) is 5.03. The monoisotopic (exact) mass is 650 g/mol. The molecule has 1 saturated heterocycles. The van der Waals surface area contributed by atoms with Gasteiger partial charge in [-0.05, 0) is 81.3 Å². The van der Waals surface area contributed by atoms with Gasteiger partial charge in [0.25, 0.3) is 11.8 Å². The van der Waals surface area contributed by atoms with Crippen molar-refractivity contribution in [2.45, 2.75) is 70.6 Å². The summed E-state index contributed by atoms with van der Waals surface area (Å²) in [4.78, 5) is 42.1. The molecule has 5 heterocycles. The fourth-order valence-electron chi connectivity index (χ4n) is 8.59. The van der Waals surface area contributed by atoms with Crippen LogP contribution in [0, 0.1) is 0 Å². The minimum absolute atomic E-state index is 0.0842. The summed E-state index contributed by atoms with van der Waals surface area (Å²) in [6, 6.07) is 11.9. The molecule has 1 aromatic heterocycles. The number of likely N-dealkylation sites (N-methyl/N-ethyl adjacent to an activating group) is 2. The first-order chi connectivity index (χ1) is 23.2. The normalized spacial score (nSPS) is 22.0. The van der Waals surface area contributed by atoms with Crippen molar-refractivity contribution in [3.05, 3.63) is 82.3 Å². The molecule has 1 aliphatic carbocycles. The van der Waals surface area contributed by atoms with Crippen LogP contribution in [-0.4, -0.2) is 79.0 Å². The predicted molar refractivity (Wildman–Crippen MR) is 185 cm³/mol. The van der Waals surface area contributed by atoms with E-state index in [0.29, 0.717) is 24.7 Å². The van der Waals surface area contributed by atoms with E-state index in [-0.39, 0.29) is 18.5 Å². The van der Waals surface area contributed by atoms with Crippen LogP contribution < -0.4 is 19.4 Å². The number of halogens is 1. The van der Waals surface area contributed by atoms with E-state index < -0.39 is 17.8 Å². The lowest BCUT2D eigenvalue weighted by Gasteiger charge is -2.51. The molecule has 9 nitrogen and oxygen atoms in total. The van der Waals surface area contributed by atoms with Crippen LogP contribution in [0.1, 0.15) is 53.3 Å². The Morgan fingerprint density at radius 1 is 0.917 bits per heavy atom. The van der Waals surface area contributed by atoms with Crippen LogP contribution in [0.5, 0.6) is 11.6 Å². The topological polar surface area (TPSA) is 72.5 Å². The summed E-state index contributed by atoms with van der Waals surface area (Å²) in [6.07, 6.45) is 6.28. The maximum absolute atomic E-state index is 14.1. The van der Waals surface area contributed by atoms with Crippen LogP contribution in [0.15, 0.2) is 48.8 Å². The summed E-state index contributed by atoms with van der Waals surface area (Å²) in [5, 5.41) is 0. The molecule has 2 amide bonds. The average Bonchev–Trinajstić information content (AvgIpc) is 3.09. The molecule has 1 fully saturated rings. The van der Waals surface area contributed by atoms with Crippen LogP contribution in [0.4, 0.5) is 21.5 Å². The van der Waals surface area contributed by atoms with E-state index in [4.69, 9.17) is 9.72 Å². The highest BCUT2D eigenvalue weighted by molar-refractivity contribution is 6.08. The second kappa shape index (κ2) is 11.9. The van der Waals surface area contributed by atoms with Gasteiger partial charge in [-0.2, -0.15) is 0 Å². The number of piperazine rings is 1. The van der Waals surface area contributed by atoms with Crippen LogP contribution >= 0.6 is 0 Å². The van der Waals surface area contributed by atoms with E-state index in [1.807, 2.05) is 19.1 Å². The molecule has 2 aromatic carbocycles. The number of carbonyl (C=O) groups excluding carboxylic acids is 2. The highest BCUT2D eigenvalue weighted by Gasteiger charge is 2.47. The van der Waals surface area contributed by atoms with Gasteiger partial charge in [-0.1, -0.05) is 30.8 Å². The van der Waals surface area contributed by atoms with E-state index in [2.05, 4.69) is 52.6 Å². The fourth-order valence-corrected chi connectivity index (χ4v) is 8.59. The average molecular weight is 651 g/mol. The molecular weight excluding hydrogens is 607 g/mol. The molecule has 3 aromatic rings. The summed E-state index contributed by atoms with van der Waals surface area (Å²) in [7, 11) is 3.89. The number of pyridine rings is 1. The highest BCUT2D eigenvalue weighted by atomic mass is 19.1. The molecule has 250 valence electrons. The Morgan fingerprint density at radius 2 is 1.69 bits per heavy atom. The molecule has 0 unspecified atom stereocenters. The SMILES string of the molecule is C=C(F)C(=O)N1C[C@@H]2C(=O)N(C)c3c(Oc4cccc5c4CCN(C)C5)nc4c(c3N2C[C@H]1C)CCN(c1cccc2c1CCCC2)C4. The lowest BCUT2D eigenvalue weighted by atomic mass is 9.89. The predicted octanol–water partition coefficient (Wildman–Crippen LogP) is 5.17. The lowest BCUT2D eigenvalue weighted by molar-refractivity contribution is -0.133. The summed E-state index contributed by atoms with van der Waals surface area (Å²) in [5.74, 6) is -0.747. The number of anilines is 3.